The van der Waals surface area contributed by atoms with Gasteiger partial charge in [-0.05, 0) is 13.3 Å². The van der Waals surface area contributed by atoms with E-state index in [-0.39, 0.29) is 29.7 Å². The highest BCUT2D eigenvalue weighted by Gasteiger charge is 2.60. The number of esters is 1. The molecule has 15 heteroatoms. The number of amides is 3. The number of likely N-dealkylation sites (N-methyl/N-ethyl adjacent to an activating group) is 1. The zero-order valence-electron chi connectivity index (χ0n) is 16.8. The first-order valence-corrected chi connectivity index (χ1v) is 12.1. The highest BCUT2D eigenvalue weighted by Crippen LogP contribution is 2.60. The minimum Gasteiger partial charge on any atom is -0.467 e. The van der Waals surface area contributed by atoms with Gasteiger partial charge >= 0.3 is 13.6 Å². The zero-order valence-corrected chi connectivity index (χ0v) is 19.3. The molecule has 3 unspecified atom stereocenters. The summed E-state index contributed by atoms with van der Waals surface area (Å²) in [5.41, 5.74) is -0.268. The normalized spacial score (nSPS) is 20.1. The summed E-state index contributed by atoms with van der Waals surface area (Å²) in [6, 6.07) is -2.46. The van der Waals surface area contributed by atoms with E-state index in [9.17, 15) is 33.5 Å². The van der Waals surface area contributed by atoms with Crippen LogP contribution in [0.3, 0.4) is 0 Å². The number of thiazole rings is 1. The predicted octanol–water partition coefficient (Wildman–Crippen LogP) is -0.00810. The summed E-state index contributed by atoms with van der Waals surface area (Å²) in [5.74, 6) is -3.47. The van der Waals surface area contributed by atoms with E-state index in [1.165, 1.54) is 19.2 Å². The number of methoxy groups -OCH3 is 1. The molecule has 2 heterocycles. The predicted molar refractivity (Wildman–Crippen MR) is 111 cm³/mol. The number of nitrogens with one attached hydrogen (secondary N) is 2. The first kappa shape index (κ1) is 25.2. The van der Waals surface area contributed by atoms with Gasteiger partial charge in [-0.3, -0.25) is 18.9 Å². The van der Waals surface area contributed by atoms with Crippen LogP contribution >= 0.6 is 30.5 Å². The number of nitrogens with zero attached hydrogens (tertiary/aromatic N) is 2. The van der Waals surface area contributed by atoms with Crippen molar-refractivity contribution in [2.75, 3.05) is 24.9 Å². The van der Waals surface area contributed by atoms with E-state index >= 15 is 0 Å². The molecule has 0 spiro atoms. The molecule has 2 rings (SSSR count). The maximum Gasteiger partial charge on any atom is 0.347 e. The second kappa shape index (κ2) is 9.61. The molecule has 4 N–H and O–H groups in total. The minimum absolute atomic E-state index is 0.00315. The van der Waals surface area contributed by atoms with Crippen LogP contribution in [-0.2, 0) is 33.6 Å². The molecule has 3 atom stereocenters. The lowest BCUT2D eigenvalue weighted by molar-refractivity contribution is -0.161. The van der Waals surface area contributed by atoms with Crippen LogP contribution in [0.25, 0.3) is 0 Å². The van der Waals surface area contributed by atoms with Gasteiger partial charge in [-0.15, -0.1) is 22.9 Å². The zero-order chi connectivity index (χ0) is 23.6. The number of hydrogen-bond acceptors (Lipinski definition) is 8. The van der Waals surface area contributed by atoms with Gasteiger partial charge in [0, 0.05) is 11.9 Å². The second-order valence-corrected chi connectivity index (χ2v) is 9.50. The van der Waals surface area contributed by atoms with Crippen molar-refractivity contribution in [1.29, 1.82) is 0 Å². The van der Waals surface area contributed by atoms with Crippen molar-refractivity contribution >= 4 is 59.4 Å². The maximum absolute atomic E-state index is 13.6. The number of hydrogen-bond donors (Lipinski definition) is 4. The van der Waals surface area contributed by atoms with Crippen LogP contribution in [-0.4, -0.2) is 75.0 Å². The van der Waals surface area contributed by atoms with Crippen LogP contribution in [0, 0.1) is 0 Å². The third kappa shape index (κ3) is 4.46. The van der Waals surface area contributed by atoms with Crippen LogP contribution in [0.2, 0.25) is 0 Å². The van der Waals surface area contributed by atoms with Gasteiger partial charge in [0.2, 0.25) is 17.7 Å². The molecule has 12 nitrogen and oxygen atoms in total. The Labute approximate surface area is 186 Å². The van der Waals surface area contributed by atoms with E-state index < -0.39 is 48.5 Å². The van der Waals surface area contributed by atoms with Crippen molar-refractivity contribution in [3.05, 3.63) is 11.1 Å². The summed E-state index contributed by atoms with van der Waals surface area (Å²) in [6.07, 6.45) is -0.365. The molecule has 3 amide bonds. The Morgan fingerprint density at radius 1 is 1.42 bits per heavy atom. The molecular formula is C16H22ClN4O8PS. The van der Waals surface area contributed by atoms with E-state index in [2.05, 4.69) is 20.4 Å². The first-order valence-electron chi connectivity index (χ1n) is 9.05. The van der Waals surface area contributed by atoms with E-state index in [4.69, 9.17) is 11.6 Å². The molecule has 1 aliphatic heterocycles. The minimum atomic E-state index is -5.21. The summed E-state index contributed by atoms with van der Waals surface area (Å²) in [6.45, 7) is 2.77. The van der Waals surface area contributed by atoms with Crippen LogP contribution in [0.1, 0.15) is 26.0 Å². The molecule has 1 aliphatic rings. The molecule has 31 heavy (non-hydrogen) atoms. The number of carbonyl (C=O) groups excluding carboxylic acids is 4. The smallest absolute Gasteiger partial charge is 0.347 e. The summed E-state index contributed by atoms with van der Waals surface area (Å²) >= 11 is 6.29. The number of halogens is 1. The Hall–Kier alpha value is -2.05. The molecule has 0 bridgehead atoms. The number of anilines is 1. The van der Waals surface area contributed by atoms with Crippen molar-refractivity contribution in [3.63, 3.8) is 0 Å². The maximum atomic E-state index is 13.6. The van der Waals surface area contributed by atoms with Gasteiger partial charge in [0.15, 0.2) is 16.3 Å². The van der Waals surface area contributed by atoms with Crippen molar-refractivity contribution in [2.45, 2.75) is 37.5 Å². The average molecular weight is 497 g/mol. The number of ether oxygens (including phenoxy) is 1. The quantitative estimate of drug-likeness (QED) is 0.158. The molecule has 0 aliphatic carbocycles. The fraction of sp³-hybridized carbons (Fsp3) is 0.562. The Morgan fingerprint density at radius 3 is 2.52 bits per heavy atom. The third-order valence-corrected chi connectivity index (χ3v) is 7.66. The van der Waals surface area contributed by atoms with Crippen LogP contribution in [0.15, 0.2) is 5.38 Å². The number of aromatic nitrogens is 1. The Morgan fingerprint density at radius 2 is 2.06 bits per heavy atom. The van der Waals surface area contributed by atoms with Gasteiger partial charge in [0.25, 0.3) is 0 Å². The van der Waals surface area contributed by atoms with Gasteiger partial charge in [-0.2, -0.15) is 0 Å². The summed E-state index contributed by atoms with van der Waals surface area (Å²) in [4.78, 5) is 74.5. The lowest BCUT2D eigenvalue weighted by atomic mass is 9.93. The lowest BCUT2D eigenvalue weighted by Crippen LogP contribution is -2.73. The highest BCUT2D eigenvalue weighted by atomic mass is 35.5. The van der Waals surface area contributed by atoms with E-state index in [1.807, 2.05) is 0 Å². The summed E-state index contributed by atoms with van der Waals surface area (Å²) < 4.78 is 17.2. The topological polar surface area (TPSA) is 175 Å². The molecule has 0 saturated carbocycles. The van der Waals surface area contributed by atoms with Gasteiger partial charge < -0.3 is 30.1 Å². The second-order valence-electron chi connectivity index (χ2n) is 6.52. The van der Waals surface area contributed by atoms with Gasteiger partial charge in [-0.1, -0.05) is 6.92 Å². The van der Waals surface area contributed by atoms with Crippen molar-refractivity contribution < 1.29 is 38.3 Å². The van der Waals surface area contributed by atoms with Crippen LogP contribution in [0.5, 0.6) is 0 Å². The SMILES string of the molecule is CCN(C(=O)C(CC)(c1csc(NC(=O)CCl)n1)P(=O)(O)O)C1C(=O)NC1C(=O)OC. The van der Waals surface area contributed by atoms with E-state index in [0.29, 0.717) is 0 Å². The fourth-order valence-corrected chi connectivity index (χ4v) is 5.47. The average Bonchev–Trinajstić information content (AvgIpc) is 3.17. The third-order valence-electron chi connectivity index (χ3n) is 4.93. The lowest BCUT2D eigenvalue weighted by Gasteiger charge is -2.44. The van der Waals surface area contributed by atoms with Crippen molar-refractivity contribution in [3.8, 4) is 0 Å². The van der Waals surface area contributed by atoms with Gasteiger partial charge in [0.05, 0.1) is 12.8 Å². The van der Waals surface area contributed by atoms with Gasteiger partial charge in [-0.25, -0.2) is 9.78 Å². The number of β-lactam (4-membered cyclic amide) rings is 1. The summed E-state index contributed by atoms with van der Waals surface area (Å²) in [7, 11) is -4.10. The van der Waals surface area contributed by atoms with Crippen molar-refractivity contribution in [2.24, 2.45) is 0 Å². The molecular weight excluding hydrogens is 475 g/mol. The largest absolute Gasteiger partial charge is 0.467 e. The molecule has 1 aromatic heterocycles. The number of carbonyl (C=O) groups is 4. The van der Waals surface area contributed by atoms with Gasteiger partial charge in [0.1, 0.15) is 11.9 Å². The Kier molecular flexibility index (Phi) is 7.82. The van der Waals surface area contributed by atoms with Crippen LogP contribution in [0.4, 0.5) is 5.13 Å². The molecule has 0 radical (unpaired) electrons. The summed E-state index contributed by atoms with van der Waals surface area (Å²) in [5, 5.41) is 3.49. The van der Waals surface area contributed by atoms with Crippen LogP contribution < -0.4 is 10.6 Å². The van der Waals surface area contributed by atoms with E-state index in [1.54, 1.807) is 0 Å². The molecule has 172 valence electrons. The Bertz CT molecular complexity index is 936. The molecule has 0 aromatic carbocycles. The fourth-order valence-electron chi connectivity index (χ4n) is 3.31. The molecule has 1 fully saturated rings. The Balaban J connectivity index is 2.53. The number of alkyl halides is 1. The molecule has 1 saturated heterocycles. The number of rotatable bonds is 9. The molecule has 1 aromatic rings. The highest BCUT2D eigenvalue weighted by molar-refractivity contribution is 7.54. The van der Waals surface area contributed by atoms with E-state index in [0.717, 1.165) is 23.3 Å². The monoisotopic (exact) mass is 496 g/mol. The first-order chi connectivity index (χ1) is 14.5. The van der Waals surface area contributed by atoms with Crippen molar-refractivity contribution in [1.82, 2.24) is 15.2 Å². The standard InChI is InChI=1S/C16H22ClN4O8PS/c1-4-16(30(26,27)28,8-7-31-15(18-8)19-9(22)6-17)14(25)21(5-2)11-10(13(24)29-3)20-12(11)23/h7,10-11H,4-6H2,1-3H3,(H,20,23)(H,18,19,22)(H2,26,27,28).